The minimum absolute atomic E-state index is 0.138. The molecule has 0 bridgehead atoms. The lowest BCUT2D eigenvalue weighted by Crippen LogP contribution is -2.45. The van der Waals surface area contributed by atoms with Gasteiger partial charge < -0.3 is 4.74 Å². The highest BCUT2D eigenvalue weighted by Gasteiger charge is 2.28. The van der Waals surface area contributed by atoms with Gasteiger partial charge >= 0.3 is 0 Å². The number of carbonyl (C=O) groups excluding carboxylic acids is 1. The first kappa shape index (κ1) is 19.4. The lowest BCUT2D eigenvalue weighted by Gasteiger charge is -2.29. The fourth-order valence-corrected chi connectivity index (χ4v) is 4.07. The SMILES string of the molecule is O=C(c1ccc(Cl)c(Cl)c1)N1CCSc2nnc(COc3cccc(Cl)c3)n21. The predicted molar refractivity (Wildman–Crippen MR) is 110 cm³/mol. The molecule has 6 nitrogen and oxygen atoms in total. The molecular weight excluding hydrogens is 443 g/mol. The number of halogens is 3. The molecule has 0 fully saturated rings. The quantitative estimate of drug-likeness (QED) is 0.570. The largest absolute Gasteiger partial charge is 0.485 e. The van der Waals surface area contributed by atoms with Gasteiger partial charge in [0, 0.05) is 16.3 Å². The molecule has 0 spiro atoms. The number of carbonyl (C=O) groups is 1. The fraction of sp³-hybridized carbons (Fsp3) is 0.167. The number of benzene rings is 2. The molecule has 1 aromatic heterocycles. The van der Waals surface area contributed by atoms with Crippen molar-refractivity contribution in [3.8, 4) is 5.75 Å². The summed E-state index contributed by atoms with van der Waals surface area (Å²) >= 11 is 19.5. The first-order chi connectivity index (χ1) is 13.5. The summed E-state index contributed by atoms with van der Waals surface area (Å²) in [7, 11) is 0. The normalized spacial score (nSPS) is 13.3. The summed E-state index contributed by atoms with van der Waals surface area (Å²) in [5, 5.41) is 11.9. The number of amides is 1. The lowest BCUT2D eigenvalue weighted by atomic mass is 10.2. The number of fused-ring (bicyclic) bond motifs is 1. The van der Waals surface area contributed by atoms with Crippen LogP contribution in [0, 0.1) is 0 Å². The van der Waals surface area contributed by atoms with Crippen molar-refractivity contribution in [1.29, 1.82) is 0 Å². The van der Waals surface area contributed by atoms with Gasteiger partial charge in [-0.25, -0.2) is 9.69 Å². The Morgan fingerprint density at radius 1 is 1.11 bits per heavy atom. The first-order valence-electron chi connectivity index (χ1n) is 8.25. The van der Waals surface area contributed by atoms with Gasteiger partial charge in [-0.3, -0.25) is 4.79 Å². The van der Waals surface area contributed by atoms with Gasteiger partial charge in [0.2, 0.25) is 5.16 Å². The maximum Gasteiger partial charge on any atom is 0.272 e. The van der Waals surface area contributed by atoms with Gasteiger partial charge in [0.25, 0.3) is 5.91 Å². The smallest absolute Gasteiger partial charge is 0.272 e. The molecule has 3 aromatic rings. The number of nitrogens with zero attached hydrogens (tertiary/aromatic N) is 4. The highest BCUT2D eigenvalue weighted by Crippen LogP contribution is 2.27. The standard InChI is InChI=1S/C18H13Cl3N4O2S/c19-12-2-1-3-13(9-12)27-10-16-22-23-18-25(16)24(6-7-28-18)17(26)11-4-5-14(20)15(21)8-11/h1-5,8-9H,6-7,10H2. The third kappa shape index (κ3) is 3.93. The van der Waals surface area contributed by atoms with E-state index in [0.29, 0.717) is 49.7 Å². The van der Waals surface area contributed by atoms with Gasteiger partial charge in [0.05, 0.1) is 16.6 Å². The predicted octanol–water partition coefficient (Wildman–Crippen LogP) is 4.70. The van der Waals surface area contributed by atoms with Crippen LogP contribution in [0.5, 0.6) is 5.75 Å². The molecule has 1 aliphatic heterocycles. The van der Waals surface area contributed by atoms with Gasteiger partial charge in [0.1, 0.15) is 12.4 Å². The summed E-state index contributed by atoms with van der Waals surface area (Å²) in [6, 6.07) is 11.9. The molecular formula is C18H13Cl3N4O2S. The van der Waals surface area contributed by atoms with Crippen LogP contribution >= 0.6 is 46.6 Å². The maximum atomic E-state index is 13.1. The van der Waals surface area contributed by atoms with Crippen LogP contribution in [0.25, 0.3) is 0 Å². The molecule has 0 N–H and O–H groups in total. The van der Waals surface area contributed by atoms with Crippen molar-refractivity contribution in [2.24, 2.45) is 0 Å². The molecule has 2 heterocycles. The third-order valence-electron chi connectivity index (χ3n) is 4.02. The summed E-state index contributed by atoms with van der Waals surface area (Å²) in [5.41, 5.74) is 0.433. The monoisotopic (exact) mass is 454 g/mol. The van der Waals surface area contributed by atoms with E-state index in [-0.39, 0.29) is 12.5 Å². The zero-order valence-corrected chi connectivity index (χ0v) is 17.4. The van der Waals surface area contributed by atoms with Crippen LogP contribution in [0.15, 0.2) is 47.6 Å². The number of ether oxygens (including phenoxy) is 1. The van der Waals surface area contributed by atoms with Crippen LogP contribution in [-0.4, -0.2) is 33.1 Å². The van der Waals surface area contributed by atoms with E-state index in [9.17, 15) is 4.79 Å². The molecule has 144 valence electrons. The highest BCUT2D eigenvalue weighted by atomic mass is 35.5. The molecule has 0 aliphatic carbocycles. The summed E-state index contributed by atoms with van der Waals surface area (Å²) in [6.07, 6.45) is 0. The Labute approximate surface area is 180 Å². The third-order valence-corrected chi connectivity index (χ3v) is 5.89. The molecule has 0 radical (unpaired) electrons. The van der Waals surface area contributed by atoms with E-state index >= 15 is 0 Å². The van der Waals surface area contributed by atoms with Crippen LogP contribution < -0.4 is 9.75 Å². The van der Waals surface area contributed by atoms with E-state index in [4.69, 9.17) is 39.5 Å². The van der Waals surface area contributed by atoms with Gasteiger partial charge in [-0.15, -0.1) is 10.2 Å². The van der Waals surface area contributed by atoms with Crippen molar-refractivity contribution in [2.45, 2.75) is 11.8 Å². The molecule has 2 aromatic carbocycles. The molecule has 0 saturated heterocycles. The molecule has 4 rings (SSSR count). The molecule has 0 unspecified atom stereocenters. The van der Waals surface area contributed by atoms with Crippen LogP contribution in [0.4, 0.5) is 0 Å². The maximum absolute atomic E-state index is 13.1. The number of hydrogen-bond acceptors (Lipinski definition) is 5. The average Bonchev–Trinajstić information content (AvgIpc) is 3.11. The second kappa shape index (κ2) is 8.21. The van der Waals surface area contributed by atoms with Crippen molar-refractivity contribution in [1.82, 2.24) is 14.9 Å². The fourth-order valence-electron chi connectivity index (χ4n) is 2.72. The molecule has 10 heteroatoms. The second-order valence-electron chi connectivity index (χ2n) is 5.86. The molecule has 28 heavy (non-hydrogen) atoms. The van der Waals surface area contributed by atoms with Crippen molar-refractivity contribution >= 4 is 52.5 Å². The van der Waals surface area contributed by atoms with Gasteiger partial charge in [-0.1, -0.05) is 52.6 Å². The topological polar surface area (TPSA) is 60.3 Å². The Kier molecular flexibility index (Phi) is 5.68. The highest BCUT2D eigenvalue weighted by molar-refractivity contribution is 7.99. The van der Waals surface area contributed by atoms with E-state index in [1.54, 1.807) is 52.1 Å². The number of thioether (sulfide) groups is 1. The van der Waals surface area contributed by atoms with Gasteiger partial charge in [0.15, 0.2) is 5.82 Å². The molecule has 1 aliphatic rings. The summed E-state index contributed by atoms with van der Waals surface area (Å²) < 4.78 is 7.46. The van der Waals surface area contributed by atoms with Gasteiger partial charge in [-0.2, -0.15) is 0 Å². The van der Waals surface area contributed by atoms with E-state index in [2.05, 4.69) is 10.2 Å². The number of rotatable bonds is 4. The van der Waals surface area contributed by atoms with Gasteiger partial charge in [-0.05, 0) is 36.4 Å². The molecule has 0 saturated carbocycles. The average molecular weight is 456 g/mol. The van der Waals surface area contributed by atoms with Crippen LogP contribution in [-0.2, 0) is 6.61 Å². The van der Waals surface area contributed by atoms with Crippen molar-refractivity contribution < 1.29 is 9.53 Å². The van der Waals surface area contributed by atoms with Crippen LogP contribution in [0.1, 0.15) is 16.2 Å². The summed E-state index contributed by atoms with van der Waals surface area (Å²) in [6.45, 7) is 0.637. The zero-order valence-electron chi connectivity index (χ0n) is 14.3. The van der Waals surface area contributed by atoms with Crippen LogP contribution in [0.3, 0.4) is 0 Å². The minimum Gasteiger partial charge on any atom is -0.485 e. The summed E-state index contributed by atoms with van der Waals surface area (Å²) in [4.78, 5) is 13.1. The van der Waals surface area contributed by atoms with E-state index in [0.717, 1.165) is 0 Å². The Bertz CT molecular complexity index is 1040. The minimum atomic E-state index is -0.219. The lowest BCUT2D eigenvalue weighted by molar-refractivity contribution is 0.0953. The number of hydrogen-bond donors (Lipinski definition) is 0. The van der Waals surface area contributed by atoms with E-state index < -0.39 is 0 Å². The first-order valence-corrected chi connectivity index (χ1v) is 10.4. The van der Waals surface area contributed by atoms with Crippen LogP contribution in [0.2, 0.25) is 15.1 Å². The van der Waals surface area contributed by atoms with Crippen molar-refractivity contribution in [3.05, 3.63) is 68.9 Å². The van der Waals surface area contributed by atoms with E-state index in [1.165, 1.54) is 11.8 Å². The molecule has 1 amide bonds. The van der Waals surface area contributed by atoms with E-state index in [1.807, 2.05) is 0 Å². The Hall–Kier alpha value is -1.93. The number of aromatic nitrogens is 3. The second-order valence-corrected chi connectivity index (χ2v) is 8.18. The summed E-state index contributed by atoms with van der Waals surface area (Å²) in [5.74, 6) is 1.61. The Morgan fingerprint density at radius 3 is 2.75 bits per heavy atom. The van der Waals surface area contributed by atoms with Crippen molar-refractivity contribution in [3.63, 3.8) is 0 Å². The zero-order chi connectivity index (χ0) is 19.7. The Morgan fingerprint density at radius 2 is 1.96 bits per heavy atom. The molecule has 0 atom stereocenters. The Balaban J connectivity index is 1.60. The van der Waals surface area contributed by atoms with Crippen molar-refractivity contribution in [2.75, 3.05) is 17.3 Å².